The van der Waals surface area contributed by atoms with Crippen molar-refractivity contribution in [2.75, 3.05) is 26.2 Å². The van der Waals surface area contributed by atoms with Crippen LogP contribution in [-0.4, -0.2) is 46.9 Å². The van der Waals surface area contributed by atoms with E-state index in [-0.39, 0.29) is 5.91 Å². The molecule has 2 heterocycles. The molecule has 3 aromatic rings. The van der Waals surface area contributed by atoms with Crippen molar-refractivity contribution in [3.8, 4) is 17.2 Å². The van der Waals surface area contributed by atoms with E-state index in [0.717, 1.165) is 36.5 Å². The van der Waals surface area contributed by atoms with Gasteiger partial charge in [-0.25, -0.2) is 0 Å². The minimum atomic E-state index is 0.0193. The maximum absolute atomic E-state index is 13.3. The zero-order valence-corrected chi connectivity index (χ0v) is 16.2. The number of amides is 1. The molecule has 1 aliphatic rings. The molecule has 0 spiro atoms. The predicted octanol–water partition coefficient (Wildman–Crippen LogP) is 3.58. The molecule has 5 heteroatoms. The third kappa shape index (κ3) is 4.18. The molecule has 0 saturated carbocycles. The van der Waals surface area contributed by atoms with Crippen LogP contribution in [0.5, 0.6) is 0 Å². The first-order chi connectivity index (χ1) is 14.3. The number of benzene rings is 2. The Morgan fingerprint density at radius 1 is 0.897 bits per heavy atom. The molecule has 1 saturated heterocycles. The van der Waals surface area contributed by atoms with Crippen molar-refractivity contribution in [2.45, 2.75) is 6.54 Å². The minimum absolute atomic E-state index is 0.0193. The molecule has 1 fully saturated rings. The van der Waals surface area contributed by atoms with Gasteiger partial charge in [-0.15, -0.1) is 0 Å². The lowest BCUT2D eigenvalue weighted by molar-refractivity contribution is 0.0628. The lowest BCUT2D eigenvalue weighted by Crippen LogP contribution is -2.48. The van der Waals surface area contributed by atoms with Crippen LogP contribution in [0.15, 0.2) is 72.9 Å². The Balaban J connectivity index is 1.49. The van der Waals surface area contributed by atoms with Crippen LogP contribution in [-0.2, 0) is 6.54 Å². The van der Waals surface area contributed by atoms with Crippen molar-refractivity contribution in [1.82, 2.24) is 14.8 Å². The van der Waals surface area contributed by atoms with Crippen LogP contribution in [0.4, 0.5) is 0 Å². The molecule has 1 aromatic heterocycles. The number of pyridine rings is 1. The summed E-state index contributed by atoms with van der Waals surface area (Å²) in [6.07, 6.45) is 1.81. The Labute approximate surface area is 170 Å². The summed E-state index contributed by atoms with van der Waals surface area (Å²) in [6.45, 7) is 3.80. The number of rotatable bonds is 4. The zero-order valence-electron chi connectivity index (χ0n) is 16.2. The number of hydrogen-bond donors (Lipinski definition) is 0. The van der Waals surface area contributed by atoms with E-state index in [0.29, 0.717) is 24.2 Å². The maximum atomic E-state index is 13.3. The molecule has 5 nitrogen and oxygen atoms in total. The fourth-order valence-electron chi connectivity index (χ4n) is 3.72. The third-order valence-electron chi connectivity index (χ3n) is 5.27. The van der Waals surface area contributed by atoms with Crippen LogP contribution in [0.25, 0.3) is 11.1 Å². The van der Waals surface area contributed by atoms with E-state index >= 15 is 0 Å². The molecule has 1 aliphatic heterocycles. The smallest absolute Gasteiger partial charge is 0.254 e. The van der Waals surface area contributed by atoms with E-state index in [1.807, 2.05) is 71.8 Å². The van der Waals surface area contributed by atoms with Crippen LogP contribution >= 0.6 is 0 Å². The summed E-state index contributed by atoms with van der Waals surface area (Å²) < 4.78 is 0. The van der Waals surface area contributed by atoms with Crippen LogP contribution < -0.4 is 0 Å². The zero-order chi connectivity index (χ0) is 20.1. The highest BCUT2D eigenvalue weighted by Crippen LogP contribution is 2.28. The average Bonchev–Trinajstić information content (AvgIpc) is 2.80. The van der Waals surface area contributed by atoms with E-state index in [1.165, 1.54) is 0 Å². The molecule has 144 valence electrons. The SMILES string of the molecule is N#Cc1ccccc1-c1ccccc1C(=O)N1CCN(Cc2ccccn2)CC1. The van der Waals surface area contributed by atoms with E-state index in [1.54, 1.807) is 6.07 Å². The number of nitrogens with zero attached hydrogens (tertiary/aromatic N) is 4. The van der Waals surface area contributed by atoms with Gasteiger partial charge in [0.2, 0.25) is 0 Å². The highest BCUT2D eigenvalue weighted by molar-refractivity contribution is 6.01. The molecule has 1 amide bonds. The van der Waals surface area contributed by atoms with Gasteiger partial charge in [-0.1, -0.05) is 42.5 Å². The molecule has 0 atom stereocenters. The Hall–Kier alpha value is -3.49. The van der Waals surface area contributed by atoms with Crippen LogP contribution in [0.1, 0.15) is 21.6 Å². The first-order valence-corrected chi connectivity index (χ1v) is 9.76. The van der Waals surface area contributed by atoms with Crippen molar-refractivity contribution in [3.05, 3.63) is 89.7 Å². The van der Waals surface area contributed by atoms with Gasteiger partial charge < -0.3 is 4.90 Å². The summed E-state index contributed by atoms with van der Waals surface area (Å²) in [7, 11) is 0. The van der Waals surface area contributed by atoms with Gasteiger partial charge >= 0.3 is 0 Å². The summed E-state index contributed by atoms with van der Waals surface area (Å²) >= 11 is 0. The Morgan fingerprint density at radius 3 is 2.31 bits per heavy atom. The number of hydrogen-bond acceptors (Lipinski definition) is 4. The van der Waals surface area contributed by atoms with E-state index in [4.69, 9.17) is 0 Å². The van der Waals surface area contributed by atoms with Gasteiger partial charge in [0.1, 0.15) is 0 Å². The summed E-state index contributed by atoms with van der Waals surface area (Å²) in [5, 5.41) is 9.45. The van der Waals surface area contributed by atoms with Gasteiger partial charge in [-0.3, -0.25) is 14.7 Å². The molecule has 2 aromatic carbocycles. The molecule has 0 unspecified atom stereocenters. The standard InChI is InChI=1S/C24H22N4O/c25-17-19-7-1-2-9-21(19)22-10-3-4-11-23(22)24(29)28-15-13-27(14-16-28)18-20-8-5-6-12-26-20/h1-12H,13-16,18H2. The first-order valence-electron chi connectivity index (χ1n) is 9.76. The minimum Gasteiger partial charge on any atom is -0.336 e. The maximum Gasteiger partial charge on any atom is 0.254 e. The molecular weight excluding hydrogens is 360 g/mol. The van der Waals surface area contributed by atoms with E-state index < -0.39 is 0 Å². The Kier molecular flexibility index (Phi) is 5.64. The van der Waals surface area contributed by atoms with Crippen LogP contribution in [0.3, 0.4) is 0 Å². The third-order valence-corrected chi connectivity index (χ3v) is 5.27. The second-order valence-electron chi connectivity index (χ2n) is 7.09. The van der Waals surface area contributed by atoms with Crippen LogP contribution in [0, 0.1) is 11.3 Å². The van der Waals surface area contributed by atoms with Gasteiger partial charge in [-0.2, -0.15) is 5.26 Å². The largest absolute Gasteiger partial charge is 0.336 e. The lowest BCUT2D eigenvalue weighted by atomic mass is 9.95. The second kappa shape index (κ2) is 8.68. The van der Waals surface area contributed by atoms with Gasteiger partial charge in [0.25, 0.3) is 5.91 Å². The summed E-state index contributed by atoms with van der Waals surface area (Å²) in [5.41, 5.74) is 3.88. The molecule has 0 bridgehead atoms. The van der Waals surface area contributed by atoms with Gasteiger partial charge in [-0.05, 0) is 29.8 Å². The molecule has 4 rings (SSSR count). The Morgan fingerprint density at radius 2 is 1.59 bits per heavy atom. The fourth-order valence-corrected chi connectivity index (χ4v) is 3.72. The number of piperazine rings is 1. The topological polar surface area (TPSA) is 60.2 Å². The van der Waals surface area contributed by atoms with Crippen molar-refractivity contribution >= 4 is 5.91 Å². The molecule has 0 radical (unpaired) electrons. The molecule has 29 heavy (non-hydrogen) atoms. The Bertz CT molecular complexity index is 1030. The quantitative estimate of drug-likeness (QED) is 0.692. The summed E-state index contributed by atoms with van der Waals surface area (Å²) in [5.74, 6) is 0.0193. The predicted molar refractivity (Wildman–Crippen MR) is 112 cm³/mol. The first kappa shape index (κ1) is 18.9. The highest BCUT2D eigenvalue weighted by Gasteiger charge is 2.24. The van der Waals surface area contributed by atoms with E-state index in [2.05, 4.69) is 16.0 Å². The number of carbonyl (C=O) groups excluding carboxylic acids is 1. The van der Waals surface area contributed by atoms with Crippen molar-refractivity contribution in [1.29, 1.82) is 5.26 Å². The molecule has 0 aliphatic carbocycles. The van der Waals surface area contributed by atoms with E-state index in [9.17, 15) is 10.1 Å². The van der Waals surface area contributed by atoms with Gasteiger partial charge in [0.05, 0.1) is 17.3 Å². The average molecular weight is 382 g/mol. The second-order valence-corrected chi connectivity index (χ2v) is 7.09. The van der Waals surface area contributed by atoms with Crippen LogP contribution in [0.2, 0.25) is 0 Å². The number of aromatic nitrogens is 1. The normalized spacial score (nSPS) is 14.4. The van der Waals surface area contributed by atoms with Gasteiger partial charge in [0.15, 0.2) is 0 Å². The highest BCUT2D eigenvalue weighted by atomic mass is 16.2. The van der Waals surface area contributed by atoms with Crippen molar-refractivity contribution < 1.29 is 4.79 Å². The van der Waals surface area contributed by atoms with Crippen molar-refractivity contribution in [2.24, 2.45) is 0 Å². The lowest BCUT2D eigenvalue weighted by Gasteiger charge is -2.35. The molecule has 0 N–H and O–H groups in total. The van der Waals surface area contributed by atoms with Crippen molar-refractivity contribution in [3.63, 3.8) is 0 Å². The molecular formula is C24H22N4O. The van der Waals surface area contributed by atoms with Gasteiger partial charge in [0, 0.05) is 50.0 Å². The summed E-state index contributed by atoms with van der Waals surface area (Å²) in [6, 6.07) is 23.2. The monoisotopic (exact) mass is 382 g/mol. The summed E-state index contributed by atoms with van der Waals surface area (Å²) in [4.78, 5) is 21.9. The number of carbonyl (C=O) groups is 1. The fraction of sp³-hybridized carbons (Fsp3) is 0.208. The number of nitriles is 1.